The molecule has 0 unspecified atom stereocenters. The van der Waals surface area contributed by atoms with Crippen molar-refractivity contribution in [3.63, 3.8) is 0 Å². The van der Waals surface area contributed by atoms with E-state index in [0.717, 1.165) is 31.4 Å². The predicted octanol–water partition coefficient (Wildman–Crippen LogP) is 5.47. The number of carbonyl (C=O) groups is 1. The zero-order chi connectivity index (χ0) is 26.2. The van der Waals surface area contributed by atoms with Gasteiger partial charge in [-0.25, -0.2) is 13.4 Å². The van der Waals surface area contributed by atoms with Crippen molar-refractivity contribution in [2.75, 3.05) is 18.4 Å². The maximum Gasteiger partial charge on any atom is 0.416 e. The topological polar surface area (TPSA) is 84.3 Å². The Morgan fingerprint density at radius 2 is 1.62 bits per heavy atom. The number of hydrogen-bond donors (Lipinski definition) is 1. The van der Waals surface area contributed by atoms with Gasteiger partial charge in [-0.15, -0.1) is 0 Å². The molecule has 1 fully saturated rings. The minimum atomic E-state index is -4.61. The van der Waals surface area contributed by atoms with E-state index in [1.807, 2.05) is 0 Å². The lowest BCUT2D eigenvalue weighted by atomic mass is 10.1. The summed E-state index contributed by atoms with van der Waals surface area (Å²) in [5, 5.41) is 2.57. The first-order valence-corrected chi connectivity index (χ1v) is 13.1. The number of piperidine rings is 1. The highest BCUT2D eigenvalue weighted by atomic mass is 32.2. The minimum absolute atomic E-state index is 0.0620. The van der Waals surface area contributed by atoms with Crippen LogP contribution in [0.25, 0.3) is 16.7 Å². The number of imidazole rings is 1. The Hall–Kier alpha value is -3.70. The van der Waals surface area contributed by atoms with E-state index < -0.39 is 27.7 Å². The molecule has 1 amide bonds. The maximum absolute atomic E-state index is 13.5. The summed E-state index contributed by atoms with van der Waals surface area (Å²) in [5.41, 5.74) is 0.734. The van der Waals surface area contributed by atoms with Crippen molar-refractivity contribution in [2.45, 2.75) is 30.3 Å². The van der Waals surface area contributed by atoms with E-state index in [0.29, 0.717) is 29.8 Å². The SMILES string of the molecule is O=C(Nc1cc(C(F)(F)F)ccc1-n1cnc2ccccc21)c1ccc(S(=O)(=O)N2CCCCC2)cc1. The lowest BCUT2D eigenvalue weighted by molar-refractivity contribution is -0.137. The van der Waals surface area contributed by atoms with Gasteiger partial charge in [0.1, 0.15) is 6.33 Å². The fraction of sp³-hybridized carbons (Fsp3) is 0.231. The summed E-state index contributed by atoms with van der Waals surface area (Å²) in [6, 6.07) is 15.6. The van der Waals surface area contributed by atoms with Gasteiger partial charge in [-0.05, 0) is 67.4 Å². The van der Waals surface area contributed by atoms with Crippen LogP contribution in [-0.4, -0.2) is 41.3 Å². The van der Waals surface area contributed by atoms with Gasteiger partial charge in [-0.1, -0.05) is 18.6 Å². The van der Waals surface area contributed by atoms with Crippen molar-refractivity contribution in [1.82, 2.24) is 13.9 Å². The molecule has 0 radical (unpaired) electrons. The second-order valence-corrected chi connectivity index (χ2v) is 10.7. The number of fused-ring (bicyclic) bond motifs is 1. The van der Waals surface area contributed by atoms with Crippen molar-refractivity contribution in [3.8, 4) is 5.69 Å². The van der Waals surface area contributed by atoms with E-state index in [9.17, 15) is 26.4 Å². The predicted molar refractivity (Wildman–Crippen MR) is 133 cm³/mol. The number of halogens is 3. The summed E-state index contributed by atoms with van der Waals surface area (Å²) < 4.78 is 69.2. The van der Waals surface area contributed by atoms with Gasteiger partial charge >= 0.3 is 6.18 Å². The van der Waals surface area contributed by atoms with Crippen LogP contribution in [0.4, 0.5) is 18.9 Å². The van der Waals surface area contributed by atoms with E-state index in [1.165, 1.54) is 41.0 Å². The fourth-order valence-electron chi connectivity index (χ4n) is 4.40. The Morgan fingerprint density at radius 3 is 2.32 bits per heavy atom. The van der Waals surface area contributed by atoms with Crippen molar-refractivity contribution in [3.05, 3.63) is 84.2 Å². The first-order chi connectivity index (χ1) is 17.6. The average Bonchev–Trinajstić information content (AvgIpc) is 3.33. The molecule has 2 heterocycles. The van der Waals surface area contributed by atoms with Crippen molar-refractivity contribution >= 4 is 32.7 Å². The van der Waals surface area contributed by atoms with E-state index in [-0.39, 0.29) is 16.1 Å². The van der Waals surface area contributed by atoms with Gasteiger partial charge in [-0.3, -0.25) is 9.36 Å². The van der Waals surface area contributed by atoms with Gasteiger partial charge in [0.25, 0.3) is 5.91 Å². The van der Waals surface area contributed by atoms with Crippen LogP contribution in [0.2, 0.25) is 0 Å². The van der Waals surface area contributed by atoms with Gasteiger partial charge in [0.05, 0.1) is 32.9 Å². The van der Waals surface area contributed by atoms with E-state index in [2.05, 4.69) is 10.3 Å². The molecule has 3 aromatic carbocycles. The number of hydrogen-bond acceptors (Lipinski definition) is 4. The Morgan fingerprint density at radius 1 is 0.919 bits per heavy atom. The fourth-order valence-corrected chi connectivity index (χ4v) is 5.92. The monoisotopic (exact) mass is 528 g/mol. The van der Waals surface area contributed by atoms with Gasteiger partial charge in [-0.2, -0.15) is 17.5 Å². The zero-order valence-corrected chi connectivity index (χ0v) is 20.4. The molecular weight excluding hydrogens is 505 g/mol. The molecule has 1 aliphatic heterocycles. The zero-order valence-electron chi connectivity index (χ0n) is 19.6. The smallest absolute Gasteiger partial charge is 0.320 e. The van der Waals surface area contributed by atoms with Gasteiger partial charge in [0, 0.05) is 18.7 Å². The number of nitrogens with zero attached hydrogens (tertiary/aromatic N) is 3. The van der Waals surface area contributed by atoms with Crippen molar-refractivity contribution in [1.29, 1.82) is 0 Å². The third-order valence-electron chi connectivity index (χ3n) is 6.35. The molecule has 4 aromatic rings. The lowest BCUT2D eigenvalue weighted by Gasteiger charge is -2.25. The Kier molecular flexibility index (Phi) is 6.50. The largest absolute Gasteiger partial charge is 0.416 e. The van der Waals surface area contributed by atoms with Crippen LogP contribution in [-0.2, 0) is 16.2 Å². The molecule has 1 aromatic heterocycles. The molecule has 0 bridgehead atoms. The number of benzene rings is 3. The van der Waals surface area contributed by atoms with E-state index in [1.54, 1.807) is 28.8 Å². The number of anilines is 1. The summed E-state index contributed by atoms with van der Waals surface area (Å²) in [6.07, 6.45) is -0.559. The lowest BCUT2D eigenvalue weighted by Crippen LogP contribution is -2.35. The number of carbonyl (C=O) groups excluding carboxylic acids is 1. The van der Waals surface area contributed by atoms with Gasteiger partial charge in [0.2, 0.25) is 10.0 Å². The quantitative estimate of drug-likeness (QED) is 0.372. The van der Waals surface area contributed by atoms with Crippen molar-refractivity contribution < 1.29 is 26.4 Å². The summed E-state index contributed by atoms with van der Waals surface area (Å²) in [5.74, 6) is -0.674. The number of amides is 1. The maximum atomic E-state index is 13.5. The highest BCUT2D eigenvalue weighted by Gasteiger charge is 2.32. The second kappa shape index (κ2) is 9.64. The number of alkyl halides is 3. The number of nitrogens with one attached hydrogen (secondary N) is 1. The number of rotatable bonds is 5. The van der Waals surface area contributed by atoms with Gasteiger partial charge in [0.15, 0.2) is 0 Å². The van der Waals surface area contributed by atoms with Crippen molar-refractivity contribution in [2.24, 2.45) is 0 Å². The van der Waals surface area contributed by atoms with Crippen LogP contribution in [0, 0.1) is 0 Å². The summed E-state index contributed by atoms with van der Waals surface area (Å²) in [4.78, 5) is 17.4. The third kappa shape index (κ3) is 4.96. The highest BCUT2D eigenvalue weighted by Crippen LogP contribution is 2.34. The molecule has 1 aliphatic rings. The first-order valence-electron chi connectivity index (χ1n) is 11.7. The number of aromatic nitrogens is 2. The standard InChI is InChI=1S/C26H23F3N4O3S/c27-26(28,29)19-10-13-24(33-17-30-21-6-2-3-7-23(21)33)22(16-19)31-25(34)18-8-11-20(12-9-18)37(35,36)32-14-4-1-5-15-32/h2-3,6-13,16-17H,1,4-5,14-15H2,(H,31,34). The Bertz CT molecular complexity index is 1560. The summed E-state index contributed by atoms with van der Waals surface area (Å²) >= 11 is 0. The highest BCUT2D eigenvalue weighted by molar-refractivity contribution is 7.89. The summed E-state index contributed by atoms with van der Waals surface area (Å²) in [6.45, 7) is 0.900. The molecule has 1 N–H and O–H groups in total. The minimum Gasteiger partial charge on any atom is -0.320 e. The van der Waals surface area contributed by atoms with E-state index in [4.69, 9.17) is 0 Å². The Balaban J connectivity index is 1.46. The second-order valence-electron chi connectivity index (χ2n) is 8.78. The number of sulfonamides is 1. The normalized spacial score (nSPS) is 15.1. The molecule has 1 saturated heterocycles. The molecule has 0 spiro atoms. The van der Waals surface area contributed by atoms with Crippen LogP contribution in [0.3, 0.4) is 0 Å². The molecule has 192 valence electrons. The molecule has 11 heteroatoms. The van der Waals surface area contributed by atoms with E-state index >= 15 is 0 Å². The average molecular weight is 529 g/mol. The third-order valence-corrected chi connectivity index (χ3v) is 8.27. The van der Waals surface area contributed by atoms with Crippen LogP contribution in [0.1, 0.15) is 35.2 Å². The van der Waals surface area contributed by atoms with Crippen LogP contribution in [0.5, 0.6) is 0 Å². The van der Waals surface area contributed by atoms with Crippen LogP contribution in [0.15, 0.2) is 78.0 Å². The van der Waals surface area contributed by atoms with Crippen LogP contribution >= 0.6 is 0 Å². The molecule has 0 atom stereocenters. The molecule has 5 rings (SSSR count). The first kappa shape index (κ1) is 25.0. The van der Waals surface area contributed by atoms with Gasteiger partial charge < -0.3 is 5.32 Å². The van der Waals surface area contributed by atoms with Crippen LogP contribution < -0.4 is 5.32 Å². The molecular formula is C26H23F3N4O3S. The Labute approximate surface area is 211 Å². The molecule has 0 saturated carbocycles. The number of para-hydroxylation sites is 2. The molecule has 37 heavy (non-hydrogen) atoms. The molecule has 0 aliphatic carbocycles. The molecule has 7 nitrogen and oxygen atoms in total. The summed E-state index contributed by atoms with van der Waals surface area (Å²) in [7, 11) is -3.68.